The summed E-state index contributed by atoms with van der Waals surface area (Å²) >= 11 is 5.59. The molecule has 0 atom stereocenters. The molecule has 0 aliphatic carbocycles. The fraction of sp³-hybridized carbons (Fsp3) is 0.538. The summed E-state index contributed by atoms with van der Waals surface area (Å²) in [6.07, 6.45) is -3.68. The van der Waals surface area contributed by atoms with Gasteiger partial charge in [-0.25, -0.2) is 0 Å². The lowest BCUT2D eigenvalue weighted by Gasteiger charge is -2.15. The highest BCUT2D eigenvalue weighted by Gasteiger charge is 2.33. The topological polar surface area (TPSA) is 30.5 Å². The van der Waals surface area contributed by atoms with Crippen molar-refractivity contribution in [3.8, 4) is 0 Å². The third-order valence-corrected chi connectivity index (χ3v) is 2.72. The number of hydrogen-bond acceptors (Lipinski definition) is 3. The van der Waals surface area contributed by atoms with Crippen LogP contribution >= 0.6 is 11.6 Å². The summed E-state index contributed by atoms with van der Waals surface area (Å²) in [6.45, 7) is 1.73. The minimum atomic E-state index is -4.44. The van der Waals surface area contributed by atoms with Crippen molar-refractivity contribution in [2.75, 3.05) is 38.8 Å². The van der Waals surface area contributed by atoms with Gasteiger partial charge in [0, 0.05) is 37.6 Å². The molecule has 1 N–H and O–H groups in total. The van der Waals surface area contributed by atoms with E-state index < -0.39 is 11.7 Å². The first-order valence-electron chi connectivity index (χ1n) is 6.12. The fourth-order valence-electron chi connectivity index (χ4n) is 1.57. The molecule has 114 valence electrons. The molecular formula is C13H17ClF3NO2. The first-order valence-corrected chi connectivity index (χ1v) is 6.50. The van der Waals surface area contributed by atoms with Crippen LogP contribution in [0.25, 0.3) is 0 Å². The van der Waals surface area contributed by atoms with E-state index in [0.29, 0.717) is 19.8 Å². The Bertz CT molecular complexity index is 413. The van der Waals surface area contributed by atoms with Gasteiger partial charge in [-0.05, 0) is 24.6 Å². The summed E-state index contributed by atoms with van der Waals surface area (Å²) in [5.74, 6) is 0. The van der Waals surface area contributed by atoms with Crippen LogP contribution in [-0.2, 0) is 15.7 Å². The van der Waals surface area contributed by atoms with E-state index in [-0.39, 0.29) is 17.3 Å². The second-order valence-electron chi connectivity index (χ2n) is 4.07. The Morgan fingerprint density at radius 3 is 2.60 bits per heavy atom. The Kier molecular flexibility index (Phi) is 7.12. The van der Waals surface area contributed by atoms with Crippen molar-refractivity contribution >= 4 is 17.3 Å². The molecule has 0 aliphatic heterocycles. The lowest BCUT2D eigenvalue weighted by Crippen LogP contribution is -2.15. The summed E-state index contributed by atoms with van der Waals surface area (Å²) < 4.78 is 48.5. The van der Waals surface area contributed by atoms with Gasteiger partial charge in [-0.2, -0.15) is 13.2 Å². The molecule has 1 aromatic rings. The Morgan fingerprint density at radius 2 is 1.95 bits per heavy atom. The lowest BCUT2D eigenvalue weighted by molar-refractivity contribution is -0.136. The Morgan fingerprint density at radius 1 is 1.20 bits per heavy atom. The van der Waals surface area contributed by atoms with E-state index in [9.17, 15) is 13.2 Å². The molecule has 1 aromatic carbocycles. The van der Waals surface area contributed by atoms with Gasteiger partial charge in [0.25, 0.3) is 0 Å². The van der Waals surface area contributed by atoms with E-state index in [4.69, 9.17) is 21.1 Å². The second-order valence-corrected chi connectivity index (χ2v) is 4.51. The van der Waals surface area contributed by atoms with Crippen LogP contribution in [0.15, 0.2) is 18.2 Å². The predicted octanol–water partition coefficient (Wildman–Crippen LogP) is 3.82. The third-order valence-electron chi connectivity index (χ3n) is 2.49. The van der Waals surface area contributed by atoms with Crippen LogP contribution in [0.3, 0.4) is 0 Å². The monoisotopic (exact) mass is 311 g/mol. The molecule has 0 heterocycles. The van der Waals surface area contributed by atoms with Crippen molar-refractivity contribution in [3.63, 3.8) is 0 Å². The van der Waals surface area contributed by atoms with E-state index in [1.165, 1.54) is 12.1 Å². The highest BCUT2D eigenvalue weighted by atomic mass is 35.5. The van der Waals surface area contributed by atoms with Crippen molar-refractivity contribution < 1.29 is 22.6 Å². The molecule has 0 aromatic heterocycles. The molecule has 1 rings (SSSR count). The van der Waals surface area contributed by atoms with Gasteiger partial charge >= 0.3 is 6.18 Å². The van der Waals surface area contributed by atoms with Crippen LogP contribution in [0.2, 0.25) is 5.02 Å². The number of ether oxygens (including phenoxy) is 2. The molecule has 20 heavy (non-hydrogen) atoms. The molecule has 0 saturated heterocycles. The highest BCUT2D eigenvalue weighted by Crippen LogP contribution is 2.36. The SMILES string of the molecule is COCCCOCCNc1ccc(Cl)cc1C(F)(F)F. The number of hydrogen-bond donors (Lipinski definition) is 1. The van der Waals surface area contributed by atoms with Crippen molar-refractivity contribution in [1.29, 1.82) is 0 Å². The normalized spacial score (nSPS) is 11.7. The fourth-order valence-corrected chi connectivity index (χ4v) is 1.74. The van der Waals surface area contributed by atoms with Gasteiger partial charge in [0.15, 0.2) is 0 Å². The summed E-state index contributed by atoms with van der Waals surface area (Å²) in [5, 5.41) is 2.76. The zero-order valence-electron chi connectivity index (χ0n) is 11.1. The number of halogens is 4. The molecule has 0 spiro atoms. The standard InChI is InChI=1S/C13H17ClF3NO2/c1-19-6-2-7-20-8-5-18-12-4-3-10(14)9-11(12)13(15,16)17/h3-4,9,18H,2,5-8H2,1H3. The summed E-state index contributed by atoms with van der Waals surface area (Å²) in [4.78, 5) is 0. The average Bonchev–Trinajstić information content (AvgIpc) is 2.38. The Hall–Kier alpha value is -0.980. The lowest BCUT2D eigenvalue weighted by atomic mass is 10.1. The molecule has 0 amide bonds. The number of alkyl halides is 3. The van der Waals surface area contributed by atoms with Gasteiger partial charge in [-0.3, -0.25) is 0 Å². The molecular weight excluding hydrogens is 295 g/mol. The summed E-state index contributed by atoms with van der Waals surface area (Å²) in [7, 11) is 1.60. The van der Waals surface area contributed by atoms with Crippen LogP contribution in [0.5, 0.6) is 0 Å². The molecule has 0 unspecified atom stereocenters. The van der Waals surface area contributed by atoms with Crippen molar-refractivity contribution in [1.82, 2.24) is 0 Å². The van der Waals surface area contributed by atoms with E-state index in [1.807, 2.05) is 0 Å². The quantitative estimate of drug-likeness (QED) is 0.740. The number of rotatable bonds is 8. The predicted molar refractivity (Wildman–Crippen MR) is 72.3 cm³/mol. The third kappa shape index (κ3) is 5.98. The van der Waals surface area contributed by atoms with E-state index >= 15 is 0 Å². The Balaban J connectivity index is 2.44. The molecule has 0 aliphatic rings. The van der Waals surface area contributed by atoms with Crippen LogP contribution in [-0.4, -0.2) is 33.5 Å². The Labute approximate surface area is 121 Å². The van der Waals surface area contributed by atoms with Gasteiger partial charge < -0.3 is 14.8 Å². The number of benzene rings is 1. The number of methoxy groups -OCH3 is 1. The van der Waals surface area contributed by atoms with Gasteiger partial charge in [0.1, 0.15) is 0 Å². The maximum Gasteiger partial charge on any atom is 0.418 e. The smallest absolute Gasteiger partial charge is 0.385 e. The maximum atomic E-state index is 12.8. The second kappa shape index (κ2) is 8.34. The molecule has 0 bridgehead atoms. The molecule has 7 heteroatoms. The summed E-state index contributed by atoms with van der Waals surface area (Å²) in [5.41, 5.74) is -0.772. The minimum Gasteiger partial charge on any atom is -0.385 e. The van der Waals surface area contributed by atoms with Crippen LogP contribution in [0.1, 0.15) is 12.0 Å². The largest absolute Gasteiger partial charge is 0.418 e. The zero-order valence-corrected chi connectivity index (χ0v) is 11.9. The van der Waals surface area contributed by atoms with Crippen molar-refractivity contribution in [3.05, 3.63) is 28.8 Å². The van der Waals surface area contributed by atoms with E-state index in [1.54, 1.807) is 7.11 Å². The molecule has 3 nitrogen and oxygen atoms in total. The first-order chi connectivity index (χ1) is 9.45. The van der Waals surface area contributed by atoms with Gasteiger partial charge in [-0.15, -0.1) is 0 Å². The van der Waals surface area contributed by atoms with Gasteiger partial charge in [0.05, 0.1) is 12.2 Å². The van der Waals surface area contributed by atoms with Gasteiger partial charge in [-0.1, -0.05) is 11.6 Å². The molecule has 0 fully saturated rings. The van der Waals surface area contributed by atoms with Crippen LogP contribution in [0, 0.1) is 0 Å². The van der Waals surface area contributed by atoms with E-state index in [2.05, 4.69) is 5.32 Å². The van der Waals surface area contributed by atoms with Crippen LogP contribution in [0.4, 0.5) is 18.9 Å². The van der Waals surface area contributed by atoms with E-state index in [0.717, 1.165) is 12.5 Å². The minimum absolute atomic E-state index is 0.00221. The molecule has 0 radical (unpaired) electrons. The first kappa shape index (κ1) is 17.1. The molecule has 0 saturated carbocycles. The maximum absolute atomic E-state index is 12.8. The van der Waals surface area contributed by atoms with Crippen molar-refractivity contribution in [2.24, 2.45) is 0 Å². The number of anilines is 1. The van der Waals surface area contributed by atoms with Crippen molar-refractivity contribution in [2.45, 2.75) is 12.6 Å². The number of nitrogens with one attached hydrogen (secondary N) is 1. The highest BCUT2D eigenvalue weighted by molar-refractivity contribution is 6.30. The average molecular weight is 312 g/mol. The van der Waals surface area contributed by atoms with Crippen LogP contribution < -0.4 is 5.32 Å². The summed E-state index contributed by atoms with van der Waals surface area (Å²) in [6, 6.07) is 3.64. The zero-order chi connectivity index (χ0) is 15.0. The van der Waals surface area contributed by atoms with Gasteiger partial charge in [0.2, 0.25) is 0 Å².